The number of amides is 2. The van der Waals surface area contributed by atoms with Crippen molar-refractivity contribution in [2.24, 2.45) is 5.92 Å². The number of rotatable bonds is 9. The summed E-state index contributed by atoms with van der Waals surface area (Å²) >= 11 is 6.44. The highest BCUT2D eigenvalue weighted by Crippen LogP contribution is 2.39. The van der Waals surface area contributed by atoms with Gasteiger partial charge in [0.1, 0.15) is 5.75 Å². The van der Waals surface area contributed by atoms with Crippen molar-refractivity contribution >= 4 is 45.7 Å². The summed E-state index contributed by atoms with van der Waals surface area (Å²) in [7, 11) is -4.22. The van der Waals surface area contributed by atoms with Crippen LogP contribution in [-0.2, 0) is 15.6 Å². The molecule has 0 aliphatic heterocycles. The number of hydrogen-bond acceptors (Lipinski definition) is 4. The van der Waals surface area contributed by atoms with Crippen molar-refractivity contribution in [2.45, 2.75) is 104 Å². The van der Waals surface area contributed by atoms with E-state index >= 15 is 0 Å². The zero-order chi connectivity index (χ0) is 32.3. The molecule has 0 unspecified atom stereocenters. The summed E-state index contributed by atoms with van der Waals surface area (Å²) in [6.07, 6.45) is -0.103. The summed E-state index contributed by atoms with van der Waals surface area (Å²) in [4.78, 5) is 30.0. The fourth-order valence-corrected chi connectivity index (χ4v) is 6.56. The Morgan fingerprint density at radius 2 is 1.48 bits per heavy atom. The Morgan fingerprint density at radius 3 is 1.98 bits per heavy atom. The molecule has 0 aliphatic rings. The Hall–Kier alpha value is -2.65. The van der Waals surface area contributed by atoms with Crippen molar-refractivity contribution < 1.29 is 18.4 Å². The highest BCUT2D eigenvalue weighted by molar-refractivity contribution is 6.75. The molecule has 0 saturated heterocycles. The van der Waals surface area contributed by atoms with Crippen LogP contribution < -0.4 is 15.3 Å². The number of benzene rings is 2. The SMILES string of the molecule is [C-]#[N+]c1ccc(C[C@@H](C(=O)NNC(=O)c2ccc(O[Si](C)(C)C(C)(C)C)cc2)[C@H](C)O[Si](C)(C)C(C)(C)C)c(C)c1Cl. The van der Waals surface area contributed by atoms with Crippen molar-refractivity contribution in [2.75, 3.05) is 0 Å². The van der Waals surface area contributed by atoms with E-state index in [0.29, 0.717) is 22.7 Å². The van der Waals surface area contributed by atoms with Gasteiger partial charge in [0.05, 0.1) is 23.6 Å². The van der Waals surface area contributed by atoms with E-state index in [0.717, 1.165) is 16.9 Å². The number of carbonyl (C=O) groups excluding carboxylic acids is 2. The first-order valence-electron chi connectivity index (χ1n) is 14.3. The Bertz CT molecular complexity index is 1320. The van der Waals surface area contributed by atoms with Crippen LogP contribution in [0.3, 0.4) is 0 Å². The normalized spacial score (nSPS) is 14.0. The zero-order valence-corrected chi connectivity index (χ0v) is 30.0. The van der Waals surface area contributed by atoms with Crippen molar-refractivity contribution in [3.63, 3.8) is 0 Å². The lowest BCUT2D eigenvalue weighted by molar-refractivity contribution is -0.128. The molecular weight excluding hydrogens is 582 g/mol. The van der Waals surface area contributed by atoms with Crippen molar-refractivity contribution in [1.29, 1.82) is 0 Å². The maximum absolute atomic E-state index is 13.6. The number of nitrogens with one attached hydrogen (secondary N) is 2. The van der Waals surface area contributed by atoms with Gasteiger partial charge in [0.15, 0.2) is 8.32 Å². The molecule has 2 N–H and O–H groups in total. The first-order chi connectivity index (χ1) is 19.1. The van der Waals surface area contributed by atoms with Crippen LogP contribution in [0.1, 0.15) is 70.0 Å². The summed E-state index contributed by atoms with van der Waals surface area (Å²) in [6, 6.07) is 10.5. The number of carbonyl (C=O) groups is 2. The standard InChI is InChI=1S/C32H48ClN3O4Si2/c1-21-24(16-19-27(34-9)28(21)33)20-26(22(2)39-41(10,11)31(3,4)5)30(38)36-35-29(37)23-14-17-25(18-15-23)40-42(12,13)32(6,7)8/h14-19,22,26H,20H2,1-8,10-13H3,(H,35,37)(H,36,38)/t22-,26+/m0/s1. The van der Waals surface area contributed by atoms with E-state index < -0.39 is 34.6 Å². The van der Waals surface area contributed by atoms with Gasteiger partial charge in [0.25, 0.3) is 5.91 Å². The molecule has 2 aromatic carbocycles. The average molecular weight is 630 g/mol. The van der Waals surface area contributed by atoms with Crippen LogP contribution in [0.25, 0.3) is 4.85 Å². The summed E-state index contributed by atoms with van der Waals surface area (Å²) in [5, 5.41) is 0.389. The van der Waals surface area contributed by atoms with Crippen LogP contribution in [0.4, 0.5) is 5.69 Å². The molecule has 0 heterocycles. The fourth-order valence-electron chi connectivity index (χ4n) is 3.86. The number of nitrogens with zero attached hydrogens (tertiary/aromatic N) is 1. The Morgan fingerprint density at radius 1 is 0.929 bits per heavy atom. The molecule has 7 nitrogen and oxygen atoms in total. The number of halogens is 1. The molecule has 10 heteroatoms. The third-order valence-corrected chi connectivity index (χ3v) is 18.2. The Labute approximate surface area is 259 Å². The second kappa shape index (κ2) is 13.3. The van der Waals surface area contributed by atoms with Crippen molar-refractivity contribution in [3.05, 3.63) is 69.5 Å². The van der Waals surface area contributed by atoms with Gasteiger partial charge in [-0.3, -0.25) is 20.4 Å². The van der Waals surface area contributed by atoms with Crippen LogP contribution in [0.5, 0.6) is 5.75 Å². The third kappa shape index (κ3) is 8.69. The molecule has 0 bridgehead atoms. The van der Waals surface area contributed by atoms with Crippen LogP contribution in [0.15, 0.2) is 36.4 Å². The van der Waals surface area contributed by atoms with E-state index in [1.165, 1.54) is 0 Å². The molecule has 0 aliphatic carbocycles. The van der Waals surface area contributed by atoms with Gasteiger partial charge >= 0.3 is 0 Å². The highest BCUT2D eigenvalue weighted by atomic mass is 35.5. The first-order valence-corrected chi connectivity index (χ1v) is 20.5. The van der Waals surface area contributed by atoms with Gasteiger partial charge in [-0.1, -0.05) is 65.3 Å². The maximum atomic E-state index is 13.6. The topological polar surface area (TPSA) is 81.0 Å². The van der Waals surface area contributed by atoms with Gasteiger partial charge in [-0.2, -0.15) is 0 Å². The van der Waals surface area contributed by atoms with Gasteiger partial charge in [-0.25, -0.2) is 4.85 Å². The Balaban J connectivity index is 2.24. The number of hydrazine groups is 1. The lowest BCUT2D eigenvalue weighted by atomic mass is 9.91. The van der Waals surface area contributed by atoms with Gasteiger partial charge in [0, 0.05) is 5.56 Å². The fraction of sp³-hybridized carbons (Fsp3) is 0.531. The predicted molar refractivity (Wildman–Crippen MR) is 177 cm³/mol. The molecule has 2 amide bonds. The maximum Gasteiger partial charge on any atom is 0.269 e. The summed E-state index contributed by atoms with van der Waals surface area (Å²) in [5.74, 6) is -0.692. The molecule has 0 radical (unpaired) electrons. The van der Waals surface area contributed by atoms with E-state index in [1.54, 1.807) is 30.3 Å². The van der Waals surface area contributed by atoms with Crippen LogP contribution in [0, 0.1) is 19.4 Å². The van der Waals surface area contributed by atoms with Gasteiger partial charge in [0.2, 0.25) is 19.9 Å². The van der Waals surface area contributed by atoms with Crippen molar-refractivity contribution in [1.82, 2.24) is 10.9 Å². The molecule has 2 rings (SSSR count). The molecule has 0 aromatic heterocycles. The third-order valence-electron chi connectivity index (χ3n) is 8.82. The molecule has 0 saturated carbocycles. The quantitative estimate of drug-likeness (QED) is 0.165. The summed E-state index contributed by atoms with van der Waals surface area (Å²) in [6.45, 7) is 32.7. The average Bonchev–Trinajstić information content (AvgIpc) is 2.86. The minimum absolute atomic E-state index is 0.0481. The van der Waals surface area contributed by atoms with Crippen LogP contribution >= 0.6 is 11.6 Å². The molecule has 2 atom stereocenters. The Kier molecular flexibility index (Phi) is 11.3. The molecule has 0 fully saturated rings. The smallest absolute Gasteiger partial charge is 0.269 e. The monoisotopic (exact) mass is 629 g/mol. The van der Waals surface area contributed by atoms with E-state index in [-0.39, 0.29) is 16.0 Å². The van der Waals surface area contributed by atoms with E-state index in [9.17, 15) is 9.59 Å². The minimum Gasteiger partial charge on any atom is -0.544 e. The largest absolute Gasteiger partial charge is 0.544 e. The van der Waals surface area contributed by atoms with E-state index in [4.69, 9.17) is 27.0 Å². The van der Waals surface area contributed by atoms with Crippen LogP contribution in [-0.4, -0.2) is 34.6 Å². The van der Waals surface area contributed by atoms with Gasteiger partial charge < -0.3 is 8.85 Å². The van der Waals surface area contributed by atoms with Crippen molar-refractivity contribution in [3.8, 4) is 5.75 Å². The van der Waals surface area contributed by atoms with Gasteiger partial charge in [-0.05, 0) is 91.9 Å². The zero-order valence-electron chi connectivity index (χ0n) is 27.3. The predicted octanol–water partition coefficient (Wildman–Crippen LogP) is 8.61. The second-order valence-electron chi connectivity index (χ2n) is 14.0. The van der Waals surface area contributed by atoms with Crippen LogP contribution in [0.2, 0.25) is 41.3 Å². The molecule has 230 valence electrons. The molecule has 0 spiro atoms. The molecular formula is C32H48ClN3O4Si2. The first kappa shape index (κ1) is 35.5. The highest BCUT2D eigenvalue weighted by Gasteiger charge is 2.41. The number of hydrogen-bond donors (Lipinski definition) is 2. The lowest BCUT2D eigenvalue weighted by Crippen LogP contribution is -2.51. The molecule has 2 aromatic rings. The summed E-state index contributed by atoms with van der Waals surface area (Å²) in [5.41, 5.74) is 7.57. The van der Waals surface area contributed by atoms with Gasteiger partial charge in [-0.15, -0.1) is 0 Å². The summed E-state index contributed by atoms with van der Waals surface area (Å²) < 4.78 is 12.9. The second-order valence-corrected chi connectivity index (χ2v) is 23.9. The van der Waals surface area contributed by atoms with E-state index in [1.807, 2.05) is 19.9 Å². The lowest BCUT2D eigenvalue weighted by Gasteiger charge is -2.40. The van der Waals surface area contributed by atoms with E-state index in [2.05, 4.69) is 83.4 Å². The molecule has 42 heavy (non-hydrogen) atoms. The minimum atomic E-state index is -2.21.